The van der Waals surface area contributed by atoms with Gasteiger partial charge in [-0.1, -0.05) is 6.07 Å². The summed E-state index contributed by atoms with van der Waals surface area (Å²) in [6.07, 6.45) is 1.87. The topological polar surface area (TPSA) is 42.2 Å². The molecule has 3 aromatic rings. The van der Waals surface area contributed by atoms with Gasteiger partial charge in [-0.2, -0.15) is 0 Å². The molecule has 3 rings (SSSR count). The minimum absolute atomic E-state index is 0.148. The van der Waals surface area contributed by atoms with E-state index in [0.717, 1.165) is 23.6 Å². The van der Waals surface area contributed by atoms with Crippen molar-refractivity contribution in [1.82, 2.24) is 19.9 Å². The number of halogens is 2. The van der Waals surface area contributed by atoms with Crippen LogP contribution in [0, 0.1) is 11.6 Å². The van der Waals surface area contributed by atoms with Crippen LogP contribution in [0.5, 0.6) is 0 Å². The highest BCUT2D eigenvalue weighted by molar-refractivity contribution is 5.37. The Hall–Kier alpha value is -2.34. The van der Waals surface area contributed by atoms with E-state index >= 15 is 0 Å². The number of aromatic nitrogens is 3. The third-order valence-electron chi connectivity index (χ3n) is 3.33. The minimum atomic E-state index is -0.450. The molecule has 0 aliphatic heterocycles. The maximum absolute atomic E-state index is 13.6. The van der Waals surface area contributed by atoms with E-state index in [4.69, 9.17) is 0 Å². The van der Waals surface area contributed by atoms with Crippen molar-refractivity contribution in [1.29, 1.82) is 0 Å². The molecule has 2 heterocycles. The Kier molecular flexibility index (Phi) is 3.62. The lowest BCUT2D eigenvalue weighted by molar-refractivity contribution is 0.517. The van der Waals surface area contributed by atoms with Gasteiger partial charge < -0.3 is 5.32 Å². The monoisotopic (exact) mass is 288 g/mol. The van der Waals surface area contributed by atoms with Gasteiger partial charge in [0, 0.05) is 18.3 Å². The van der Waals surface area contributed by atoms with E-state index < -0.39 is 11.6 Å². The van der Waals surface area contributed by atoms with Crippen LogP contribution >= 0.6 is 0 Å². The molecule has 0 saturated heterocycles. The molecule has 2 aromatic heterocycles. The van der Waals surface area contributed by atoms with E-state index in [1.807, 2.05) is 35.7 Å². The third-order valence-corrected chi connectivity index (χ3v) is 3.33. The number of pyridine rings is 1. The van der Waals surface area contributed by atoms with Crippen molar-refractivity contribution in [3.05, 3.63) is 65.6 Å². The quantitative estimate of drug-likeness (QED) is 0.802. The van der Waals surface area contributed by atoms with Crippen molar-refractivity contribution in [3.8, 4) is 0 Å². The fourth-order valence-corrected chi connectivity index (χ4v) is 2.19. The predicted octanol–water partition coefficient (Wildman–Crippen LogP) is 2.86. The van der Waals surface area contributed by atoms with E-state index in [2.05, 4.69) is 15.5 Å². The van der Waals surface area contributed by atoms with E-state index in [0.29, 0.717) is 0 Å². The first-order chi connectivity index (χ1) is 10.1. The average molecular weight is 288 g/mol. The van der Waals surface area contributed by atoms with Gasteiger partial charge in [0.25, 0.3) is 0 Å². The number of rotatable bonds is 4. The smallest absolute Gasteiger partial charge is 0.160 e. The second-order valence-electron chi connectivity index (χ2n) is 4.83. The second-order valence-corrected chi connectivity index (χ2v) is 4.83. The number of hydrogen-bond acceptors (Lipinski definition) is 3. The van der Waals surface area contributed by atoms with Crippen LogP contribution in [-0.4, -0.2) is 14.6 Å². The Bertz CT molecular complexity index is 769. The fourth-order valence-electron chi connectivity index (χ4n) is 2.19. The molecule has 0 amide bonds. The van der Waals surface area contributed by atoms with Crippen LogP contribution < -0.4 is 5.32 Å². The molecule has 0 spiro atoms. The summed E-state index contributed by atoms with van der Waals surface area (Å²) in [6.45, 7) is 2.12. The lowest BCUT2D eigenvalue weighted by Gasteiger charge is -2.12. The zero-order valence-electron chi connectivity index (χ0n) is 11.4. The predicted molar refractivity (Wildman–Crippen MR) is 74.6 cm³/mol. The highest BCUT2D eigenvalue weighted by atomic mass is 19.1. The SMILES string of the molecule is CC(NCc1cc(F)ccc1F)c1nnc2ccccn12. The molecule has 0 radical (unpaired) electrons. The molecule has 21 heavy (non-hydrogen) atoms. The lowest BCUT2D eigenvalue weighted by Crippen LogP contribution is -2.21. The maximum Gasteiger partial charge on any atom is 0.160 e. The molecule has 0 aliphatic rings. The first-order valence-electron chi connectivity index (χ1n) is 6.62. The van der Waals surface area contributed by atoms with Crippen molar-refractivity contribution in [2.45, 2.75) is 19.5 Å². The highest BCUT2D eigenvalue weighted by Crippen LogP contribution is 2.14. The van der Waals surface area contributed by atoms with Gasteiger partial charge in [-0.3, -0.25) is 4.40 Å². The molecular formula is C15H14F2N4. The van der Waals surface area contributed by atoms with Crippen LogP contribution in [0.25, 0.3) is 5.65 Å². The number of benzene rings is 1. The van der Waals surface area contributed by atoms with Gasteiger partial charge in [0.15, 0.2) is 11.5 Å². The number of hydrogen-bond donors (Lipinski definition) is 1. The molecule has 0 aliphatic carbocycles. The molecule has 0 bridgehead atoms. The van der Waals surface area contributed by atoms with Crippen LogP contribution in [0.1, 0.15) is 24.4 Å². The zero-order valence-corrected chi connectivity index (χ0v) is 11.4. The Labute approximate surface area is 120 Å². The zero-order chi connectivity index (χ0) is 14.8. The number of nitrogens with zero attached hydrogens (tertiary/aromatic N) is 3. The summed E-state index contributed by atoms with van der Waals surface area (Å²) in [6, 6.07) is 8.90. The van der Waals surface area contributed by atoms with Crippen LogP contribution in [-0.2, 0) is 6.54 Å². The van der Waals surface area contributed by atoms with Crippen LogP contribution in [0.2, 0.25) is 0 Å². The molecule has 1 N–H and O–H groups in total. The van der Waals surface area contributed by atoms with Crippen molar-refractivity contribution in [3.63, 3.8) is 0 Å². The van der Waals surface area contributed by atoms with Gasteiger partial charge >= 0.3 is 0 Å². The summed E-state index contributed by atoms with van der Waals surface area (Å²) in [5.74, 6) is -0.154. The van der Waals surface area contributed by atoms with Gasteiger partial charge in [0.2, 0.25) is 0 Å². The molecule has 0 saturated carbocycles. The molecular weight excluding hydrogens is 274 g/mol. The molecule has 6 heteroatoms. The number of nitrogens with one attached hydrogen (secondary N) is 1. The molecule has 4 nitrogen and oxygen atoms in total. The normalized spacial score (nSPS) is 12.7. The summed E-state index contributed by atoms with van der Waals surface area (Å²) in [5.41, 5.74) is 1.04. The third kappa shape index (κ3) is 2.75. The largest absolute Gasteiger partial charge is 0.303 e. The van der Waals surface area contributed by atoms with Crippen molar-refractivity contribution < 1.29 is 8.78 Å². The molecule has 108 valence electrons. The van der Waals surface area contributed by atoms with E-state index in [1.54, 1.807) is 0 Å². The van der Waals surface area contributed by atoms with Crippen molar-refractivity contribution in [2.75, 3.05) is 0 Å². The first kappa shape index (κ1) is 13.6. The van der Waals surface area contributed by atoms with Crippen LogP contribution in [0.3, 0.4) is 0 Å². The van der Waals surface area contributed by atoms with Crippen molar-refractivity contribution >= 4 is 5.65 Å². The van der Waals surface area contributed by atoms with E-state index in [-0.39, 0.29) is 18.2 Å². The minimum Gasteiger partial charge on any atom is -0.303 e. The van der Waals surface area contributed by atoms with Gasteiger partial charge in [-0.05, 0) is 37.3 Å². The summed E-state index contributed by atoms with van der Waals surface area (Å²) in [5, 5.41) is 11.3. The Morgan fingerprint density at radius 2 is 2.05 bits per heavy atom. The fraction of sp³-hybridized carbons (Fsp3) is 0.200. The number of fused-ring (bicyclic) bond motifs is 1. The Morgan fingerprint density at radius 1 is 1.19 bits per heavy atom. The van der Waals surface area contributed by atoms with Crippen molar-refractivity contribution in [2.24, 2.45) is 0 Å². The molecule has 0 fully saturated rings. The van der Waals surface area contributed by atoms with Gasteiger partial charge in [0.05, 0.1) is 6.04 Å². The lowest BCUT2D eigenvalue weighted by atomic mass is 10.2. The molecule has 1 atom stereocenters. The van der Waals surface area contributed by atoms with E-state index in [1.165, 1.54) is 6.07 Å². The van der Waals surface area contributed by atoms with Gasteiger partial charge in [0.1, 0.15) is 11.6 Å². The van der Waals surface area contributed by atoms with Gasteiger partial charge in [-0.15, -0.1) is 10.2 Å². The average Bonchev–Trinajstić information content (AvgIpc) is 2.92. The standard InChI is InChI=1S/C15H14F2N4/c1-10(15-20-19-14-4-2-3-7-21(14)15)18-9-11-8-12(16)5-6-13(11)17/h2-8,10,18H,9H2,1H3. The summed E-state index contributed by atoms with van der Waals surface area (Å²) < 4.78 is 28.6. The summed E-state index contributed by atoms with van der Waals surface area (Å²) >= 11 is 0. The van der Waals surface area contributed by atoms with Crippen LogP contribution in [0.4, 0.5) is 8.78 Å². The van der Waals surface area contributed by atoms with Crippen LogP contribution in [0.15, 0.2) is 42.6 Å². The summed E-state index contributed by atoms with van der Waals surface area (Å²) in [4.78, 5) is 0. The first-order valence-corrected chi connectivity index (χ1v) is 6.62. The maximum atomic E-state index is 13.6. The Balaban J connectivity index is 1.77. The highest BCUT2D eigenvalue weighted by Gasteiger charge is 2.13. The molecule has 1 unspecified atom stereocenters. The van der Waals surface area contributed by atoms with Gasteiger partial charge in [-0.25, -0.2) is 8.78 Å². The second kappa shape index (κ2) is 5.57. The Morgan fingerprint density at radius 3 is 2.90 bits per heavy atom. The molecule has 1 aromatic carbocycles. The van der Waals surface area contributed by atoms with E-state index in [9.17, 15) is 8.78 Å². The summed E-state index contributed by atoms with van der Waals surface area (Å²) in [7, 11) is 0.